The van der Waals surface area contributed by atoms with Crippen molar-refractivity contribution in [2.75, 3.05) is 7.11 Å². The van der Waals surface area contributed by atoms with Gasteiger partial charge in [0.15, 0.2) is 20.3 Å². The van der Waals surface area contributed by atoms with Gasteiger partial charge >= 0.3 is 0 Å². The molecule has 1 aliphatic rings. The standard InChI is InChI=1S/C6H6N2O3S/c1-11-6-4(2-7)12(9,10)5(6)3-8/h4-6H,1H3. The molecule has 1 aliphatic heterocycles. The SMILES string of the molecule is COC1C(C#N)S(=O)(=O)C1C#N. The summed E-state index contributed by atoms with van der Waals surface area (Å²) in [6.07, 6.45) is -0.787. The Bertz CT molecular complexity index is 333. The first-order valence-electron chi connectivity index (χ1n) is 3.14. The summed E-state index contributed by atoms with van der Waals surface area (Å²) in [7, 11) is -2.29. The molecule has 0 radical (unpaired) electrons. The molecule has 2 unspecified atom stereocenters. The van der Waals surface area contributed by atoms with Crippen molar-refractivity contribution in [1.82, 2.24) is 0 Å². The number of hydrogen-bond donors (Lipinski definition) is 0. The predicted molar refractivity (Wildman–Crippen MR) is 38.5 cm³/mol. The van der Waals surface area contributed by atoms with Gasteiger partial charge in [-0.2, -0.15) is 10.5 Å². The van der Waals surface area contributed by atoms with Gasteiger partial charge in [0.25, 0.3) is 0 Å². The second-order valence-electron chi connectivity index (χ2n) is 2.39. The van der Waals surface area contributed by atoms with E-state index in [1.807, 2.05) is 0 Å². The molecule has 0 saturated carbocycles. The molecule has 5 nitrogen and oxygen atoms in total. The first-order valence-corrected chi connectivity index (χ1v) is 4.75. The molecule has 0 aliphatic carbocycles. The first-order chi connectivity index (χ1) is 5.59. The Hall–Kier alpha value is -1.11. The minimum atomic E-state index is -3.57. The van der Waals surface area contributed by atoms with Gasteiger partial charge in [-0.1, -0.05) is 0 Å². The Morgan fingerprint density at radius 2 is 1.67 bits per heavy atom. The van der Waals surface area contributed by atoms with Crippen LogP contribution in [-0.4, -0.2) is 32.1 Å². The molecule has 0 spiro atoms. The van der Waals surface area contributed by atoms with Crippen molar-refractivity contribution in [3.05, 3.63) is 0 Å². The van der Waals surface area contributed by atoms with Crippen LogP contribution in [0.25, 0.3) is 0 Å². The minimum Gasteiger partial charge on any atom is -0.377 e. The van der Waals surface area contributed by atoms with Gasteiger partial charge in [0.05, 0.1) is 12.1 Å². The van der Waals surface area contributed by atoms with Crippen molar-refractivity contribution in [2.24, 2.45) is 0 Å². The zero-order valence-corrected chi connectivity index (χ0v) is 7.08. The molecule has 1 rings (SSSR count). The molecule has 0 amide bonds. The molecule has 1 saturated heterocycles. The summed E-state index contributed by atoms with van der Waals surface area (Å²) in [5.41, 5.74) is 0. The third-order valence-electron chi connectivity index (χ3n) is 1.83. The monoisotopic (exact) mass is 186 g/mol. The largest absolute Gasteiger partial charge is 0.377 e. The smallest absolute Gasteiger partial charge is 0.188 e. The third-order valence-corrected chi connectivity index (χ3v) is 3.99. The van der Waals surface area contributed by atoms with E-state index in [4.69, 9.17) is 15.3 Å². The maximum atomic E-state index is 11.1. The number of rotatable bonds is 1. The number of hydrogen-bond acceptors (Lipinski definition) is 5. The number of ether oxygens (including phenoxy) is 1. The molecule has 0 bridgehead atoms. The van der Waals surface area contributed by atoms with E-state index < -0.39 is 26.4 Å². The average Bonchev–Trinajstić information content (AvgIpc) is 2.01. The van der Waals surface area contributed by atoms with Crippen LogP contribution in [0, 0.1) is 22.7 Å². The summed E-state index contributed by atoms with van der Waals surface area (Å²) in [5, 5.41) is 14.5. The zero-order valence-electron chi connectivity index (χ0n) is 6.26. The van der Waals surface area contributed by atoms with Crippen LogP contribution in [0.4, 0.5) is 0 Å². The average molecular weight is 186 g/mol. The lowest BCUT2D eigenvalue weighted by molar-refractivity contribution is 0.0987. The highest BCUT2D eigenvalue weighted by molar-refractivity contribution is 7.94. The Balaban J connectivity index is 3.00. The molecule has 0 aromatic heterocycles. The molecule has 12 heavy (non-hydrogen) atoms. The van der Waals surface area contributed by atoms with Crippen LogP contribution in [0.15, 0.2) is 0 Å². The third kappa shape index (κ3) is 0.893. The van der Waals surface area contributed by atoms with Crippen molar-refractivity contribution < 1.29 is 13.2 Å². The van der Waals surface area contributed by atoms with Gasteiger partial charge in [-0.15, -0.1) is 0 Å². The summed E-state index contributed by atoms with van der Waals surface area (Å²) in [4.78, 5) is 0. The van der Waals surface area contributed by atoms with Crippen LogP contribution >= 0.6 is 0 Å². The molecule has 1 heterocycles. The summed E-state index contributed by atoms with van der Waals surface area (Å²) < 4.78 is 26.8. The molecule has 2 atom stereocenters. The Kier molecular flexibility index (Phi) is 2.05. The normalized spacial score (nSPS) is 37.4. The minimum absolute atomic E-state index is 0.787. The quantitative estimate of drug-likeness (QED) is 0.535. The van der Waals surface area contributed by atoms with Gasteiger partial charge in [-0.05, 0) is 0 Å². The van der Waals surface area contributed by atoms with Crippen LogP contribution in [0.1, 0.15) is 0 Å². The highest BCUT2D eigenvalue weighted by Gasteiger charge is 2.57. The van der Waals surface area contributed by atoms with Crippen molar-refractivity contribution in [3.8, 4) is 12.1 Å². The van der Waals surface area contributed by atoms with Crippen molar-refractivity contribution in [1.29, 1.82) is 10.5 Å². The molecular formula is C6H6N2O3S. The first kappa shape index (κ1) is 8.98. The molecule has 64 valence electrons. The highest BCUT2D eigenvalue weighted by atomic mass is 32.2. The Morgan fingerprint density at radius 3 is 1.92 bits per heavy atom. The molecule has 0 aromatic rings. The van der Waals surface area contributed by atoms with Crippen LogP contribution in [0.2, 0.25) is 0 Å². The molecule has 0 aromatic carbocycles. The maximum Gasteiger partial charge on any atom is 0.188 e. The van der Waals surface area contributed by atoms with E-state index in [0.717, 1.165) is 0 Å². The molecule has 0 N–H and O–H groups in total. The van der Waals surface area contributed by atoms with Crippen molar-refractivity contribution in [2.45, 2.75) is 16.6 Å². The van der Waals surface area contributed by atoms with Gasteiger partial charge in [0.1, 0.15) is 6.10 Å². The van der Waals surface area contributed by atoms with E-state index in [9.17, 15) is 8.42 Å². The topological polar surface area (TPSA) is 90.9 Å². The van der Waals surface area contributed by atoms with Crippen LogP contribution in [0.5, 0.6) is 0 Å². The number of methoxy groups -OCH3 is 1. The van der Waals surface area contributed by atoms with Gasteiger partial charge < -0.3 is 4.74 Å². The fraction of sp³-hybridized carbons (Fsp3) is 0.667. The Labute approximate surface area is 70.1 Å². The Morgan fingerprint density at radius 1 is 1.25 bits per heavy atom. The van der Waals surface area contributed by atoms with Crippen LogP contribution in [0.3, 0.4) is 0 Å². The fourth-order valence-corrected chi connectivity index (χ4v) is 2.76. The van der Waals surface area contributed by atoms with Crippen molar-refractivity contribution >= 4 is 9.84 Å². The lowest BCUT2D eigenvalue weighted by atomic mass is 10.2. The number of nitriles is 2. The maximum absolute atomic E-state index is 11.1. The van der Waals surface area contributed by atoms with E-state index in [1.165, 1.54) is 7.11 Å². The van der Waals surface area contributed by atoms with Gasteiger partial charge in [0, 0.05) is 7.11 Å². The highest BCUT2D eigenvalue weighted by Crippen LogP contribution is 2.31. The van der Waals surface area contributed by atoms with E-state index in [2.05, 4.69) is 0 Å². The summed E-state index contributed by atoms with van der Waals surface area (Å²) in [5.74, 6) is 0. The van der Waals surface area contributed by atoms with E-state index in [1.54, 1.807) is 12.1 Å². The number of nitrogens with zero attached hydrogens (tertiary/aromatic N) is 2. The fourth-order valence-electron chi connectivity index (χ4n) is 1.14. The summed E-state index contributed by atoms with van der Waals surface area (Å²) in [6.45, 7) is 0. The van der Waals surface area contributed by atoms with E-state index in [0.29, 0.717) is 0 Å². The summed E-state index contributed by atoms with van der Waals surface area (Å²) in [6, 6.07) is 3.19. The lowest BCUT2D eigenvalue weighted by Gasteiger charge is -2.34. The van der Waals surface area contributed by atoms with Gasteiger partial charge in [-0.25, -0.2) is 8.42 Å². The van der Waals surface area contributed by atoms with Crippen molar-refractivity contribution in [3.63, 3.8) is 0 Å². The molecule has 1 fully saturated rings. The zero-order chi connectivity index (χ0) is 9.35. The van der Waals surface area contributed by atoms with E-state index in [-0.39, 0.29) is 0 Å². The molecule has 6 heteroatoms. The predicted octanol–water partition coefficient (Wildman–Crippen LogP) is -0.786. The second-order valence-corrected chi connectivity index (χ2v) is 4.58. The van der Waals surface area contributed by atoms with Crippen LogP contribution < -0.4 is 0 Å². The van der Waals surface area contributed by atoms with E-state index >= 15 is 0 Å². The van der Waals surface area contributed by atoms with Gasteiger partial charge in [0.2, 0.25) is 0 Å². The second kappa shape index (κ2) is 2.74. The summed E-state index contributed by atoms with van der Waals surface area (Å²) >= 11 is 0. The number of sulfone groups is 1. The lowest BCUT2D eigenvalue weighted by Crippen LogP contribution is -2.59. The van der Waals surface area contributed by atoms with Gasteiger partial charge in [-0.3, -0.25) is 0 Å². The molecular weight excluding hydrogens is 180 g/mol. The van der Waals surface area contributed by atoms with Crippen LogP contribution in [-0.2, 0) is 14.6 Å².